The number of hydrogen-bond acceptors (Lipinski definition) is 4. The number of carbonyl (C=O) groups is 1. The Bertz CT molecular complexity index is 422. The molecule has 0 radical (unpaired) electrons. The number of nitrogen functional groups attached to an aromatic ring is 1. The topological polar surface area (TPSA) is 61.5 Å². The van der Waals surface area contributed by atoms with Gasteiger partial charge in [-0.05, 0) is 24.0 Å². The summed E-state index contributed by atoms with van der Waals surface area (Å²) in [7, 11) is 1.51. The third kappa shape index (κ3) is 3.95. The Morgan fingerprint density at radius 1 is 1.33 bits per heavy atom. The number of anilines is 1. The summed E-state index contributed by atoms with van der Waals surface area (Å²) in [6, 6.07) is 5.06. The van der Waals surface area contributed by atoms with Crippen molar-refractivity contribution in [3.8, 4) is 5.75 Å². The van der Waals surface area contributed by atoms with Crippen LogP contribution in [0, 0.1) is 5.41 Å². The molecule has 18 heavy (non-hydrogen) atoms. The van der Waals surface area contributed by atoms with Crippen LogP contribution < -0.4 is 10.5 Å². The molecule has 4 heteroatoms. The van der Waals surface area contributed by atoms with Crippen LogP contribution in [0.5, 0.6) is 5.75 Å². The smallest absolute Gasteiger partial charge is 0.340 e. The minimum Gasteiger partial charge on any atom is -0.495 e. The lowest BCUT2D eigenvalue weighted by molar-refractivity contribution is 0.0466. The highest BCUT2D eigenvalue weighted by Gasteiger charge is 2.16. The highest BCUT2D eigenvalue weighted by molar-refractivity contribution is 5.96. The van der Waals surface area contributed by atoms with Crippen LogP contribution in [-0.2, 0) is 4.74 Å². The van der Waals surface area contributed by atoms with E-state index in [9.17, 15) is 4.79 Å². The molecular weight excluding hydrogens is 230 g/mol. The molecule has 0 saturated carbocycles. The van der Waals surface area contributed by atoms with Crippen LogP contribution in [0.1, 0.15) is 37.6 Å². The van der Waals surface area contributed by atoms with Gasteiger partial charge in [-0.1, -0.05) is 26.8 Å². The Hall–Kier alpha value is -1.71. The van der Waals surface area contributed by atoms with Gasteiger partial charge in [0.1, 0.15) is 5.75 Å². The van der Waals surface area contributed by atoms with Gasteiger partial charge in [-0.25, -0.2) is 4.79 Å². The third-order valence-corrected chi connectivity index (χ3v) is 2.59. The minimum absolute atomic E-state index is 0.139. The summed E-state index contributed by atoms with van der Waals surface area (Å²) in [6.45, 7) is 6.68. The van der Waals surface area contributed by atoms with Gasteiger partial charge >= 0.3 is 5.97 Å². The average molecular weight is 251 g/mol. The number of hydrogen-bond donors (Lipinski definition) is 1. The third-order valence-electron chi connectivity index (χ3n) is 2.59. The summed E-state index contributed by atoms with van der Waals surface area (Å²) in [5.41, 5.74) is 6.64. The van der Waals surface area contributed by atoms with E-state index in [2.05, 4.69) is 20.8 Å². The first-order valence-corrected chi connectivity index (χ1v) is 5.95. The van der Waals surface area contributed by atoms with Crippen LogP contribution in [0.4, 0.5) is 5.69 Å². The van der Waals surface area contributed by atoms with E-state index in [0.29, 0.717) is 23.6 Å². The largest absolute Gasteiger partial charge is 0.495 e. The number of ether oxygens (including phenoxy) is 2. The molecule has 0 fully saturated rings. The van der Waals surface area contributed by atoms with Gasteiger partial charge in [-0.15, -0.1) is 0 Å². The first-order chi connectivity index (χ1) is 8.35. The highest BCUT2D eigenvalue weighted by atomic mass is 16.5. The fourth-order valence-electron chi connectivity index (χ4n) is 1.43. The lowest BCUT2D eigenvalue weighted by atomic mass is 9.93. The molecule has 0 unspecified atom stereocenters. The van der Waals surface area contributed by atoms with E-state index in [1.807, 2.05) is 0 Å². The molecule has 0 spiro atoms. The molecule has 0 aliphatic rings. The lowest BCUT2D eigenvalue weighted by Crippen LogP contribution is -2.14. The summed E-state index contributed by atoms with van der Waals surface area (Å²) in [4.78, 5) is 11.9. The van der Waals surface area contributed by atoms with Crippen molar-refractivity contribution in [2.75, 3.05) is 19.5 Å². The van der Waals surface area contributed by atoms with Crippen molar-refractivity contribution in [1.82, 2.24) is 0 Å². The molecule has 0 aliphatic heterocycles. The number of para-hydroxylation sites is 1. The van der Waals surface area contributed by atoms with Crippen LogP contribution in [0.2, 0.25) is 0 Å². The minimum atomic E-state index is -0.407. The van der Waals surface area contributed by atoms with Crippen molar-refractivity contribution in [3.05, 3.63) is 23.8 Å². The zero-order chi connectivity index (χ0) is 13.8. The SMILES string of the molecule is COc1cccc(C(=O)OCCC(C)(C)C)c1N. The summed E-state index contributed by atoms with van der Waals surface area (Å²) in [5, 5.41) is 0. The number of methoxy groups -OCH3 is 1. The van der Waals surface area contributed by atoms with Crippen LogP contribution >= 0.6 is 0 Å². The molecule has 1 rings (SSSR count). The standard InChI is InChI=1S/C14H21NO3/c1-14(2,3)8-9-18-13(16)10-6-5-7-11(17-4)12(10)15/h5-7H,8-9,15H2,1-4H3. The van der Waals surface area contributed by atoms with Crippen molar-refractivity contribution in [2.45, 2.75) is 27.2 Å². The van der Waals surface area contributed by atoms with E-state index in [1.165, 1.54) is 7.11 Å². The number of benzene rings is 1. The summed E-state index contributed by atoms with van der Waals surface area (Å²) >= 11 is 0. The summed E-state index contributed by atoms with van der Waals surface area (Å²) in [5.74, 6) is 0.0796. The molecule has 0 bridgehead atoms. The Labute approximate surface area is 108 Å². The molecule has 0 aromatic heterocycles. The van der Waals surface area contributed by atoms with E-state index < -0.39 is 5.97 Å². The van der Waals surface area contributed by atoms with Gasteiger partial charge in [-0.2, -0.15) is 0 Å². The maximum absolute atomic E-state index is 11.9. The van der Waals surface area contributed by atoms with Crippen molar-refractivity contribution < 1.29 is 14.3 Å². The summed E-state index contributed by atoms with van der Waals surface area (Å²) in [6.07, 6.45) is 0.808. The van der Waals surface area contributed by atoms with Crippen molar-refractivity contribution in [2.24, 2.45) is 5.41 Å². The predicted molar refractivity (Wildman–Crippen MR) is 71.8 cm³/mol. The van der Waals surface area contributed by atoms with E-state index >= 15 is 0 Å². The van der Waals surface area contributed by atoms with Gasteiger partial charge in [0.05, 0.1) is 25.0 Å². The van der Waals surface area contributed by atoms with Crippen LogP contribution in [0.3, 0.4) is 0 Å². The van der Waals surface area contributed by atoms with Gasteiger partial charge < -0.3 is 15.2 Å². The second-order valence-corrected chi connectivity index (χ2v) is 5.37. The zero-order valence-electron chi connectivity index (χ0n) is 11.4. The Morgan fingerprint density at radius 3 is 2.56 bits per heavy atom. The average Bonchev–Trinajstić information content (AvgIpc) is 2.27. The van der Waals surface area contributed by atoms with Crippen molar-refractivity contribution >= 4 is 11.7 Å². The number of rotatable bonds is 4. The van der Waals surface area contributed by atoms with Crippen LogP contribution in [0.25, 0.3) is 0 Å². The Kier molecular flexibility index (Phi) is 4.59. The van der Waals surface area contributed by atoms with Gasteiger partial charge in [0.15, 0.2) is 0 Å². The first kappa shape index (κ1) is 14.4. The molecule has 4 nitrogen and oxygen atoms in total. The Morgan fingerprint density at radius 2 is 2.00 bits per heavy atom. The second-order valence-electron chi connectivity index (χ2n) is 5.37. The molecule has 0 atom stereocenters. The highest BCUT2D eigenvalue weighted by Crippen LogP contribution is 2.25. The van der Waals surface area contributed by atoms with Crippen molar-refractivity contribution in [3.63, 3.8) is 0 Å². The van der Waals surface area contributed by atoms with Crippen LogP contribution in [0.15, 0.2) is 18.2 Å². The number of carbonyl (C=O) groups excluding carboxylic acids is 1. The quantitative estimate of drug-likeness (QED) is 0.660. The number of nitrogens with two attached hydrogens (primary N) is 1. The van der Waals surface area contributed by atoms with E-state index in [4.69, 9.17) is 15.2 Å². The lowest BCUT2D eigenvalue weighted by Gasteiger charge is -2.17. The predicted octanol–water partition coefficient (Wildman–Crippen LogP) is 2.87. The van der Waals surface area contributed by atoms with Gasteiger partial charge in [0.2, 0.25) is 0 Å². The fraction of sp³-hybridized carbons (Fsp3) is 0.500. The zero-order valence-corrected chi connectivity index (χ0v) is 11.4. The van der Waals surface area contributed by atoms with E-state index in [-0.39, 0.29) is 5.41 Å². The first-order valence-electron chi connectivity index (χ1n) is 5.95. The maximum Gasteiger partial charge on any atom is 0.340 e. The van der Waals surface area contributed by atoms with Gasteiger partial charge in [-0.3, -0.25) is 0 Å². The Balaban J connectivity index is 2.68. The molecule has 0 heterocycles. The fourth-order valence-corrected chi connectivity index (χ4v) is 1.43. The maximum atomic E-state index is 11.9. The van der Waals surface area contributed by atoms with Crippen molar-refractivity contribution in [1.29, 1.82) is 0 Å². The summed E-state index contributed by atoms with van der Waals surface area (Å²) < 4.78 is 10.3. The van der Waals surface area contributed by atoms with Gasteiger partial charge in [0.25, 0.3) is 0 Å². The normalized spacial score (nSPS) is 11.1. The molecule has 100 valence electrons. The molecule has 2 N–H and O–H groups in total. The molecular formula is C14H21NO3. The van der Waals surface area contributed by atoms with E-state index in [0.717, 1.165) is 6.42 Å². The molecule has 0 amide bonds. The molecule has 0 saturated heterocycles. The monoisotopic (exact) mass is 251 g/mol. The number of esters is 1. The van der Waals surface area contributed by atoms with E-state index in [1.54, 1.807) is 18.2 Å². The molecule has 1 aromatic rings. The van der Waals surface area contributed by atoms with Crippen LogP contribution in [-0.4, -0.2) is 19.7 Å². The molecule has 1 aromatic carbocycles. The van der Waals surface area contributed by atoms with Gasteiger partial charge in [0, 0.05) is 0 Å². The molecule has 0 aliphatic carbocycles. The second kappa shape index (κ2) is 5.76.